The number of thiazole rings is 1. The van der Waals surface area contributed by atoms with Crippen LogP contribution in [-0.4, -0.2) is 38.0 Å². The molecule has 0 unspecified atom stereocenters. The smallest absolute Gasteiger partial charge is 0.338 e. The largest absolute Gasteiger partial charge is 0.496 e. The number of hydrogen-bond donors (Lipinski definition) is 0. The number of rotatable bonds is 7. The van der Waals surface area contributed by atoms with Crippen molar-refractivity contribution in [2.24, 2.45) is 4.99 Å². The number of nitrogens with zero attached hydrogens (tertiary/aromatic N) is 2. The van der Waals surface area contributed by atoms with Gasteiger partial charge in [-0.3, -0.25) is 9.36 Å². The molecule has 0 bridgehead atoms. The monoisotopic (exact) mass is 498 g/mol. The molecule has 1 aliphatic heterocycles. The number of carbonyl (C=O) groups excluding carboxylic acids is 1. The zero-order chi connectivity index (χ0) is 24.2. The van der Waals surface area contributed by atoms with E-state index in [1.165, 1.54) is 23.0 Å². The van der Waals surface area contributed by atoms with Crippen molar-refractivity contribution in [1.29, 1.82) is 0 Å². The lowest BCUT2D eigenvalue weighted by Gasteiger charge is -2.26. The van der Waals surface area contributed by atoms with Gasteiger partial charge in [0, 0.05) is 17.7 Å². The van der Waals surface area contributed by atoms with Crippen molar-refractivity contribution in [3.63, 3.8) is 0 Å². The second-order valence-corrected chi connectivity index (χ2v) is 8.89. The maximum Gasteiger partial charge on any atom is 0.338 e. The maximum atomic E-state index is 13.7. The lowest BCUT2D eigenvalue weighted by atomic mass is 9.95. The molecular weight excluding hydrogens is 476 g/mol. The first-order valence-electron chi connectivity index (χ1n) is 10.5. The van der Waals surface area contributed by atoms with Gasteiger partial charge in [-0.2, -0.15) is 0 Å². The topological polar surface area (TPSA) is 79.1 Å². The summed E-state index contributed by atoms with van der Waals surface area (Å²) in [5.41, 5.74) is 1.84. The number of carbonyl (C=O) groups is 1. The lowest BCUT2D eigenvalue weighted by molar-refractivity contribution is -0.140. The maximum absolute atomic E-state index is 13.7. The molecule has 0 saturated heterocycles. The summed E-state index contributed by atoms with van der Waals surface area (Å²) >= 11 is 7.55. The van der Waals surface area contributed by atoms with E-state index < -0.39 is 12.0 Å². The van der Waals surface area contributed by atoms with Crippen molar-refractivity contribution in [3.05, 3.63) is 95.6 Å². The third kappa shape index (κ3) is 4.57. The standard InChI is InChI=1S/C25H23ClN2O5S/c1-15-21(24(30)33-13-12-31-2)22(17-9-5-7-11-19(17)32-3)28-23(29)20(34-25(28)27-15)14-16-8-4-6-10-18(16)26/h4-11,14,22H,12-13H2,1-3H3/b20-14+/t22-/m1/s1. The molecule has 0 N–H and O–H groups in total. The van der Waals surface area contributed by atoms with Crippen LogP contribution in [-0.2, 0) is 14.3 Å². The van der Waals surface area contributed by atoms with Crippen molar-refractivity contribution < 1.29 is 19.0 Å². The van der Waals surface area contributed by atoms with E-state index in [0.717, 1.165) is 5.56 Å². The normalized spacial score (nSPS) is 15.6. The molecule has 34 heavy (non-hydrogen) atoms. The van der Waals surface area contributed by atoms with Gasteiger partial charge >= 0.3 is 5.97 Å². The van der Waals surface area contributed by atoms with Crippen molar-refractivity contribution in [3.8, 4) is 5.75 Å². The van der Waals surface area contributed by atoms with Crippen LogP contribution in [0, 0.1) is 0 Å². The number of benzene rings is 2. The van der Waals surface area contributed by atoms with E-state index in [0.29, 0.717) is 31.4 Å². The highest BCUT2D eigenvalue weighted by Crippen LogP contribution is 2.35. The van der Waals surface area contributed by atoms with Gasteiger partial charge in [-0.15, -0.1) is 0 Å². The first-order valence-corrected chi connectivity index (χ1v) is 11.7. The van der Waals surface area contributed by atoms with Crippen LogP contribution >= 0.6 is 22.9 Å². The molecule has 1 atom stereocenters. The summed E-state index contributed by atoms with van der Waals surface area (Å²) in [7, 11) is 3.08. The summed E-state index contributed by atoms with van der Waals surface area (Å²) in [6.07, 6.45) is 1.74. The molecule has 0 aliphatic carbocycles. The Morgan fingerprint density at radius 1 is 1.15 bits per heavy atom. The Hall–Kier alpha value is -3.20. The van der Waals surface area contributed by atoms with E-state index in [1.807, 2.05) is 36.4 Å². The molecule has 0 radical (unpaired) electrons. The zero-order valence-electron chi connectivity index (χ0n) is 18.9. The van der Waals surface area contributed by atoms with Crippen LogP contribution in [0.5, 0.6) is 5.75 Å². The molecule has 0 amide bonds. The summed E-state index contributed by atoms with van der Waals surface area (Å²) in [5, 5.41) is 0.535. The molecular formula is C25H23ClN2O5S. The Morgan fingerprint density at radius 3 is 2.62 bits per heavy atom. The Labute approximate surface area is 205 Å². The first kappa shape index (κ1) is 23.9. The highest BCUT2D eigenvalue weighted by Gasteiger charge is 2.35. The van der Waals surface area contributed by atoms with E-state index in [2.05, 4.69) is 4.99 Å². The molecule has 7 nitrogen and oxygen atoms in total. The minimum atomic E-state index is -0.768. The van der Waals surface area contributed by atoms with E-state index in [1.54, 1.807) is 32.2 Å². The minimum absolute atomic E-state index is 0.0850. The van der Waals surface area contributed by atoms with Crippen LogP contribution < -0.4 is 19.6 Å². The summed E-state index contributed by atoms with van der Waals surface area (Å²) in [6.45, 7) is 2.08. The van der Waals surface area contributed by atoms with Gasteiger partial charge in [0.1, 0.15) is 18.4 Å². The van der Waals surface area contributed by atoms with Crippen LogP contribution in [0.25, 0.3) is 6.08 Å². The van der Waals surface area contributed by atoms with Crippen molar-refractivity contribution in [2.75, 3.05) is 27.4 Å². The summed E-state index contributed by atoms with van der Waals surface area (Å²) in [6, 6.07) is 13.8. The van der Waals surface area contributed by atoms with Gasteiger partial charge in [-0.1, -0.05) is 59.3 Å². The minimum Gasteiger partial charge on any atom is -0.496 e. The highest BCUT2D eigenvalue weighted by molar-refractivity contribution is 7.07. The number of fused-ring (bicyclic) bond motifs is 1. The Bertz CT molecular complexity index is 1440. The molecule has 2 aromatic carbocycles. The zero-order valence-corrected chi connectivity index (χ0v) is 20.5. The van der Waals surface area contributed by atoms with Gasteiger partial charge in [0.25, 0.3) is 5.56 Å². The molecule has 1 aromatic heterocycles. The SMILES string of the molecule is COCCOC(=O)C1=C(C)N=c2s/c(=C/c3ccccc3Cl)c(=O)n2[C@@H]1c1ccccc1OC. The predicted octanol–water partition coefficient (Wildman–Crippen LogP) is 3.09. The van der Waals surface area contributed by atoms with Crippen LogP contribution in [0.15, 0.2) is 69.6 Å². The Morgan fingerprint density at radius 2 is 1.88 bits per heavy atom. The quantitative estimate of drug-likeness (QED) is 0.369. The van der Waals surface area contributed by atoms with E-state index in [9.17, 15) is 9.59 Å². The molecule has 9 heteroatoms. The Kier molecular flexibility index (Phi) is 7.31. The molecule has 176 valence electrons. The number of esters is 1. The fourth-order valence-electron chi connectivity index (χ4n) is 3.80. The molecule has 2 heterocycles. The van der Waals surface area contributed by atoms with E-state index in [-0.39, 0.29) is 24.3 Å². The number of halogens is 1. The average molecular weight is 499 g/mol. The van der Waals surface area contributed by atoms with Crippen molar-refractivity contribution >= 4 is 35.0 Å². The molecule has 0 fully saturated rings. The van der Waals surface area contributed by atoms with Crippen molar-refractivity contribution in [1.82, 2.24) is 4.57 Å². The van der Waals surface area contributed by atoms with Crippen molar-refractivity contribution in [2.45, 2.75) is 13.0 Å². The van der Waals surface area contributed by atoms with Crippen LogP contribution in [0.2, 0.25) is 5.02 Å². The fourth-order valence-corrected chi connectivity index (χ4v) is 5.03. The third-order valence-electron chi connectivity index (χ3n) is 5.39. The highest BCUT2D eigenvalue weighted by atomic mass is 35.5. The summed E-state index contributed by atoms with van der Waals surface area (Å²) in [4.78, 5) is 31.9. The van der Waals surface area contributed by atoms with E-state index in [4.69, 9.17) is 25.8 Å². The first-order chi connectivity index (χ1) is 16.5. The predicted molar refractivity (Wildman–Crippen MR) is 131 cm³/mol. The van der Waals surface area contributed by atoms with Gasteiger partial charge in [0.05, 0.1) is 29.5 Å². The summed E-state index contributed by atoms with van der Waals surface area (Å²) < 4.78 is 18.0. The molecule has 3 aromatic rings. The summed E-state index contributed by atoms with van der Waals surface area (Å²) in [5.74, 6) is -0.0142. The van der Waals surface area contributed by atoms with Crippen LogP contribution in [0.3, 0.4) is 0 Å². The average Bonchev–Trinajstić information content (AvgIpc) is 3.14. The molecule has 0 spiro atoms. The molecule has 4 rings (SSSR count). The fraction of sp³-hybridized carbons (Fsp3) is 0.240. The molecule has 1 aliphatic rings. The molecule has 0 saturated carbocycles. The van der Waals surface area contributed by atoms with Crippen LogP contribution in [0.1, 0.15) is 24.1 Å². The Balaban J connectivity index is 1.94. The van der Waals surface area contributed by atoms with Gasteiger partial charge in [-0.25, -0.2) is 9.79 Å². The number of aromatic nitrogens is 1. The van der Waals surface area contributed by atoms with Gasteiger partial charge in [-0.05, 0) is 30.7 Å². The van der Waals surface area contributed by atoms with Gasteiger partial charge < -0.3 is 14.2 Å². The second kappa shape index (κ2) is 10.4. The van der Waals surface area contributed by atoms with Crippen LogP contribution in [0.4, 0.5) is 0 Å². The second-order valence-electron chi connectivity index (χ2n) is 7.47. The number of methoxy groups -OCH3 is 2. The van der Waals surface area contributed by atoms with Gasteiger partial charge in [0.15, 0.2) is 4.80 Å². The number of hydrogen-bond acceptors (Lipinski definition) is 7. The van der Waals surface area contributed by atoms with E-state index >= 15 is 0 Å². The number of ether oxygens (including phenoxy) is 3. The number of para-hydroxylation sites is 1. The van der Waals surface area contributed by atoms with Gasteiger partial charge in [0.2, 0.25) is 0 Å². The lowest BCUT2D eigenvalue weighted by Crippen LogP contribution is -2.40. The third-order valence-corrected chi connectivity index (χ3v) is 6.71. The number of allylic oxidation sites excluding steroid dienone is 1.